The zero-order valence-electron chi connectivity index (χ0n) is 14.1. The number of sulfonamides is 1. The Morgan fingerprint density at radius 1 is 1.24 bits per heavy atom. The van der Waals surface area contributed by atoms with Gasteiger partial charge in [0, 0.05) is 6.54 Å². The van der Waals surface area contributed by atoms with E-state index >= 15 is 0 Å². The van der Waals surface area contributed by atoms with Crippen molar-refractivity contribution in [3.63, 3.8) is 0 Å². The van der Waals surface area contributed by atoms with Crippen molar-refractivity contribution in [2.24, 2.45) is 0 Å². The van der Waals surface area contributed by atoms with E-state index in [1.807, 2.05) is 12.2 Å². The van der Waals surface area contributed by atoms with Gasteiger partial charge in [-0.2, -0.15) is 0 Å². The summed E-state index contributed by atoms with van der Waals surface area (Å²) in [7, 11) is -2.66. The quantitative estimate of drug-likeness (QED) is 0.678. The van der Waals surface area contributed by atoms with Crippen molar-refractivity contribution >= 4 is 28.0 Å². The van der Waals surface area contributed by atoms with Gasteiger partial charge < -0.3 is 9.47 Å². The highest BCUT2D eigenvalue weighted by Crippen LogP contribution is 2.13. The number of amides is 2. The van der Waals surface area contributed by atoms with Crippen LogP contribution in [0.25, 0.3) is 0 Å². The van der Waals surface area contributed by atoms with Crippen molar-refractivity contribution in [3.8, 4) is 0 Å². The monoisotopic (exact) mass is 372 g/mol. The minimum absolute atomic E-state index is 0.0444. The molecule has 0 aliphatic rings. The van der Waals surface area contributed by atoms with Crippen LogP contribution in [0.2, 0.25) is 0 Å². The lowest BCUT2D eigenvalue weighted by molar-refractivity contribution is -0.128. The molecular formula is C15H20N2O7S. The van der Waals surface area contributed by atoms with E-state index in [1.165, 1.54) is 25.1 Å². The molecule has 138 valence electrons. The summed E-state index contributed by atoms with van der Waals surface area (Å²) >= 11 is 0. The highest BCUT2D eigenvalue weighted by molar-refractivity contribution is 7.89. The van der Waals surface area contributed by atoms with Gasteiger partial charge in [0.25, 0.3) is 5.91 Å². The van der Waals surface area contributed by atoms with Gasteiger partial charge in [-0.1, -0.05) is 13.0 Å². The number of ether oxygens (including phenoxy) is 2. The normalized spacial score (nSPS) is 12.1. The summed E-state index contributed by atoms with van der Waals surface area (Å²) in [5.41, 5.74) is -0.0444. The molecule has 0 unspecified atom stereocenters. The summed E-state index contributed by atoms with van der Waals surface area (Å²) in [6.07, 6.45) is -1.64. The Labute approximate surface area is 145 Å². The summed E-state index contributed by atoms with van der Waals surface area (Å²) < 4.78 is 35.7. The summed E-state index contributed by atoms with van der Waals surface area (Å²) in [4.78, 5) is 34.6. The van der Waals surface area contributed by atoms with E-state index in [9.17, 15) is 22.8 Å². The van der Waals surface area contributed by atoms with Crippen LogP contribution in [0.4, 0.5) is 4.79 Å². The van der Waals surface area contributed by atoms with Gasteiger partial charge in [0.1, 0.15) is 0 Å². The average Bonchev–Trinajstić information content (AvgIpc) is 2.59. The Balaban J connectivity index is 2.84. The minimum Gasteiger partial charge on any atom is -0.453 e. The molecule has 0 radical (unpaired) electrons. The van der Waals surface area contributed by atoms with Crippen LogP contribution in [0.1, 0.15) is 30.6 Å². The molecule has 0 bridgehead atoms. The van der Waals surface area contributed by atoms with E-state index in [0.717, 1.165) is 13.2 Å². The smallest absolute Gasteiger partial charge is 0.413 e. The largest absolute Gasteiger partial charge is 0.453 e. The van der Waals surface area contributed by atoms with Crippen molar-refractivity contribution in [3.05, 3.63) is 29.8 Å². The molecule has 25 heavy (non-hydrogen) atoms. The molecule has 10 heteroatoms. The number of imide groups is 1. The molecule has 0 fully saturated rings. The maximum atomic E-state index is 12.1. The highest BCUT2D eigenvalue weighted by Gasteiger charge is 2.22. The molecule has 2 amide bonds. The first-order valence-electron chi connectivity index (χ1n) is 7.40. The fraction of sp³-hybridized carbons (Fsp3) is 0.400. The van der Waals surface area contributed by atoms with E-state index < -0.39 is 34.1 Å². The fourth-order valence-electron chi connectivity index (χ4n) is 1.65. The van der Waals surface area contributed by atoms with Crippen LogP contribution in [-0.2, 0) is 24.3 Å². The molecule has 0 saturated heterocycles. The van der Waals surface area contributed by atoms with Crippen LogP contribution in [0, 0.1) is 0 Å². The number of hydrogen-bond donors (Lipinski definition) is 2. The predicted molar refractivity (Wildman–Crippen MR) is 87.3 cm³/mol. The molecular weight excluding hydrogens is 352 g/mol. The molecule has 1 rings (SSSR count). The Kier molecular flexibility index (Phi) is 7.52. The maximum Gasteiger partial charge on any atom is 0.413 e. The van der Waals surface area contributed by atoms with Crippen molar-refractivity contribution < 1.29 is 32.3 Å². The number of esters is 1. The zero-order valence-corrected chi connectivity index (χ0v) is 14.9. The Morgan fingerprint density at radius 2 is 1.92 bits per heavy atom. The summed E-state index contributed by atoms with van der Waals surface area (Å²) in [5, 5.41) is 1.86. The van der Waals surface area contributed by atoms with Crippen LogP contribution in [-0.4, -0.2) is 46.1 Å². The third-order valence-corrected chi connectivity index (χ3v) is 4.44. The van der Waals surface area contributed by atoms with Gasteiger partial charge in [-0.15, -0.1) is 0 Å². The number of rotatable bonds is 7. The highest BCUT2D eigenvalue weighted by atomic mass is 32.2. The Hall–Kier alpha value is -2.46. The van der Waals surface area contributed by atoms with Crippen LogP contribution < -0.4 is 10.0 Å². The number of alkyl carbamates (subject to hydrolysis) is 1. The third-order valence-electron chi connectivity index (χ3n) is 2.99. The van der Waals surface area contributed by atoms with Crippen LogP contribution in [0.3, 0.4) is 0 Å². The first kappa shape index (κ1) is 20.6. The topological polar surface area (TPSA) is 128 Å². The second-order valence-electron chi connectivity index (χ2n) is 4.95. The first-order chi connectivity index (χ1) is 11.7. The van der Waals surface area contributed by atoms with Gasteiger partial charge in [-0.3, -0.25) is 10.1 Å². The fourth-order valence-corrected chi connectivity index (χ4v) is 2.82. The lowest BCUT2D eigenvalue weighted by Crippen LogP contribution is -2.39. The SMILES string of the molecule is CCCNS(=O)(=O)c1cccc(C(=O)O[C@H](C)C(=O)NC(=O)OC)c1. The van der Waals surface area contributed by atoms with Crippen molar-refractivity contribution in [2.75, 3.05) is 13.7 Å². The zero-order chi connectivity index (χ0) is 19.0. The van der Waals surface area contributed by atoms with E-state index in [-0.39, 0.29) is 17.0 Å². The molecule has 0 aliphatic carbocycles. The van der Waals surface area contributed by atoms with Crippen LogP contribution >= 0.6 is 0 Å². The number of carbonyl (C=O) groups is 3. The average molecular weight is 372 g/mol. The van der Waals surface area contributed by atoms with Gasteiger partial charge in [0.15, 0.2) is 6.10 Å². The second-order valence-corrected chi connectivity index (χ2v) is 6.72. The predicted octanol–water partition coefficient (Wildman–Crippen LogP) is 0.803. The molecule has 1 aromatic rings. The van der Waals surface area contributed by atoms with E-state index in [0.29, 0.717) is 6.42 Å². The Morgan fingerprint density at radius 3 is 2.52 bits per heavy atom. The number of carbonyl (C=O) groups excluding carboxylic acids is 3. The van der Waals surface area contributed by atoms with Gasteiger partial charge >= 0.3 is 12.1 Å². The molecule has 0 aromatic heterocycles. The third kappa shape index (κ3) is 6.16. The van der Waals surface area contributed by atoms with Crippen molar-refractivity contribution in [1.82, 2.24) is 10.0 Å². The lowest BCUT2D eigenvalue weighted by atomic mass is 10.2. The molecule has 1 atom stereocenters. The molecule has 0 spiro atoms. The number of nitrogens with one attached hydrogen (secondary N) is 2. The Bertz CT molecular complexity index is 746. The van der Waals surface area contributed by atoms with Gasteiger partial charge in [-0.25, -0.2) is 22.7 Å². The first-order valence-corrected chi connectivity index (χ1v) is 8.89. The van der Waals surface area contributed by atoms with Gasteiger partial charge in [-0.05, 0) is 31.5 Å². The van der Waals surface area contributed by atoms with Crippen molar-refractivity contribution in [2.45, 2.75) is 31.3 Å². The number of benzene rings is 1. The van der Waals surface area contributed by atoms with E-state index in [4.69, 9.17) is 4.74 Å². The number of hydrogen-bond acceptors (Lipinski definition) is 7. The summed E-state index contributed by atoms with van der Waals surface area (Å²) in [6, 6.07) is 5.22. The van der Waals surface area contributed by atoms with Gasteiger partial charge in [0.2, 0.25) is 10.0 Å². The summed E-state index contributed by atoms with van der Waals surface area (Å²) in [5.74, 6) is -1.77. The van der Waals surface area contributed by atoms with Crippen LogP contribution in [0.5, 0.6) is 0 Å². The molecule has 1 aromatic carbocycles. The van der Waals surface area contributed by atoms with Crippen LogP contribution in [0.15, 0.2) is 29.2 Å². The molecule has 9 nitrogen and oxygen atoms in total. The number of methoxy groups -OCH3 is 1. The molecule has 2 N–H and O–H groups in total. The minimum atomic E-state index is -3.74. The summed E-state index contributed by atoms with van der Waals surface area (Å²) in [6.45, 7) is 3.35. The maximum absolute atomic E-state index is 12.1. The van der Waals surface area contributed by atoms with Crippen molar-refractivity contribution in [1.29, 1.82) is 0 Å². The van der Waals surface area contributed by atoms with Gasteiger partial charge in [0.05, 0.1) is 17.6 Å². The molecule has 0 saturated carbocycles. The molecule has 0 heterocycles. The molecule has 0 aliphatic heterocycles. The van der Waals surface area contributed by atoms with E-state index in [2.05, 4.69) is 9.46 Å². The second kappa shape index (κ2) is 9.14. The lowest BCUT2D eigenvalue weighted by Gasteiger charge is -2.13. The van der Waals surface area contributed by atoms with E-state index in [1.54, 1.807) is 0 Å². The standard InChI is InChI=1S/C15H20N2O7S/c1-4-8-16-25(21,22)12-7-5-6-11(9-12)14(19)24-10(2)13(18)17-15(20)23-3/h5-7,9-10,16H,4,8H2,1-3H3,(H,17,18,20)/t10-/m1/s1.